The first-order chi connectivity index (χ1) is 7.18. The van der Waals surface area contributed by atoms with E-state index in [0.29, 0.717) is 29.7 Å². The maximum absolute atomic E-state index is 9.47. The molecule has 1 heterocycles. The molecule has 0 saturated heterocycles. The Hall–Kier alpha value is -0.930. The molecule has 1 N–H and O–H groups in total. The molecule has 1 atom stereocenters. The van der Waals surface area contributed by atoms with Crippen molar-refractivity contribution in [3.05, 3.63) is 22.7 Å². The van der Waals surface area contributed by atoms with Crippen LogP contribution in [-0.4, -0.2) is 18.3 Å². The minimum atomic E-state index is -0.556. The topological polar surface area (TPSA) is 38.7 Å². The highest BCUT2D eigenvalue weighted by atomic mass is 35.5. The number of fused-ring (bicyclic) bond motifs is 1. The van der Waals surface area contributed by atoms with E-state index in [1.165, 1.54) is 0 Å². The van der Waals surface area contributed by atoms with Crippen LogP contribution < -0.4 is 9.47 Å². The molecule has 15 heavy (non-hydrogen) atoms. The van der Waals surface area contributed by atoms with E-state index in [1.54, 1.807) is 19.1 Å². The number of aliphatic hydroxyl groups excluding tert-OH is 1. The summed E-state index contributed by atoms with van der Waals surface area (Å²) in [5.41, 5.74) is 0.740. The minimum Gasteiger partial charge on any atom is -0.489 e. The average Bonchev–Trinajstić information content (AvgIpc) is 2.42. The lowest BCUT2D eigenvalue weighted by Gasteiger charge is -2.12. The second kappa shape index (κ2) is 4.29. The molecule has 1 aromatic rings. The predicted octanol–water partition coefficient (Wildman–Crippen LogP) is 2.55. The van der Waals surface area contributed by atoms with Gasteiger partial charge in [-0.1, -0.05) is 11.6 Å². The number of aliphatic hydroxyl groups is 1. The quantitative estimate of drug-likeness (QED) is 0.803. The Kier molecular flexibility index (Phi) is 3.03. The van der Waals surface area contributed by atoms with E-state index in [0.717, 1.165) is 12.0 Å². The first-order valence-electron chi connectivity index (χ1n) is 4.95. The zero-order chi connectivity index (χ0) is 10.8. The lowest BCUT2D eigenvalue weighted by atomic mass is 10.1. The standard InChI is InChI=1S/C11H13ClO3/c1-7(13)8-5-9(12)11-10(6-8)14-3-2-4-15-11/h5-7,13H,2-4H2,1H3/t7-/m1/s1. The summed E-state index contributed by atoms with van der Waals surface area (Å²) < 4.78 is 11.0. The van der Waals surface area contributed by atoms with E-state index >= 15 is 0 Å². The minimum absolute atomic E-state index is 0.491. The Morgan fingerprint density at radius 2 is 2.07 bits per heavy atom. The molecule has 3 nitrogen and oxygen atoms in total. The van der Waals surface area contributed by atoms with Crippen molar-refractivity contribution in [1.29, 1.82) is 0 Å². The number of rotatable bonds is 1. The SMILES string of the molecule is C[C@@H](O)c1cc(Cl)c2c(c1)OCCCO2. The van der Waals surface area contributed by atoms with Gasteiger partial charge in [0, 0.05) is 6.42 Å². The van der Waals surface area contributed by atoms with Crippen LogP contribution in [0.5, 0.6) is 11.5 Å². The van der Waals surface area contributed by atoms with E-state index in [-0.39, 0.29) is 0 Å². The molecule has 0 spiro atoms. The molecule has 0 amide bonds. The third-order valence-corrected chi connectivity index (χ3v) is 2.59. The van der Waals surface area contributed by atoms with Crippen molar-refractivity contribution in [3.8, 4) is 11.5 Å². The monoisotopic (exact) mass is 228 g/mol. The van der Waals surface area contributed by atoms with E-state index < -0.39 is 6.10 Å². The van der Waals surface area contributed by atoms with Crippen LogP contribution >= 0.6 is 11.6 Å². The van der Waals surface area contributed by atoms with Gasteiger partial charge in [-0.25, -0.2) is 0 Å². The van der Waals surface area contributed by atoms with E-state index in [9.17, 15) is 5.11 Å². The van der Waals surface area contributed by atoms with Gasteiger partial charge >= 0.3 is 0 Å². The van der Waals surface area contributed by atoms with Crippen LogP contribution in [0, 0.1) is 0 Å². The molecule has 0 aliphatic carbocycles. The van der Waals surface area contributed by atoms with E-state index in [2.05, 4.69) is 0 Å². The third kappa shape index (κ3) is 2.19. The molecule has 82 valence electrons. The van der Waals surface area contributed by atoms with Crippen molar-refractivity contribution in [1.82, 2.24) is 0 Å². The van der Waals surface area contributed by atoms with Crippen molar-refractivity contribution in [2.45, 2.75) is 19.4 Å². The largest absolute Gasteiger partial charge is 0.489 e. The van der Waals surface area contributed by atoms with Gasteiger partial charge in [0.05, 0.1) is 24.3 Å². The van der Waals surface area contributed by atoms with Crippen LogP contribution in [0.3, 0.4) is 0 Å². The fourth-order valence-electron chi connectivity index (χ4n) is 1.49. The Bertz CT molecular complexity index is 363. The van der Waals surface area contributed by atoms with Gasteiger partial charge in [0.1, 0.15) is 0 Å². The zero-order valence-corrected chi connectivity index (χ0v) is 9.25. The summed E-state index contributed by atoms with van der Waals surface area (Å²) in [5, 5.41) is 9.96. The van der Waals surface area contributed by atoms with Crippen LogP contribution in [0.1, 0.15) is 25.0 Å². The first kappa shape index (κ1) is 10.6. The highest BCUT2D eigenvalue weighted by Crippen LogP contribution is 2.39. The van der Waals surface area contributed by atoms with Gasteiger partial charge in [0.2, 0.25) is 0 Å². The molecule has 0 aromatic heterocycles. The summed E-state index contributed by atoms with van der Waals surface area (Å²) in [7, 11) is 0. The van der Waals surface area contributed by atoms with E-state index in [4.69, 9.17) is 21.1 Å². The Morgan fingerprint density at radius 1 is 1.33 bits per heavy atom. The summed E-state index contributed by atoms with van der Waals surface area (Å²) in [6.45, 7) is 2.92. The zero-order valence-electron chi connectivity index (χ0n) is 8.50. The summed E-state index contributed by atoms with van der Waals surface area (Å²) in [4.78, 5) is 0. The predicted molar refractivity (Wildman–Crippen MR) is 57.7 cm³/mol. The Balaban J connectivity index is 2.44. The van der Waals surface area contributed by atoms with Gasteiger partial charge in [-0.15, -0.1) is 0 Å². The fraction of sp³-hybridized carbons (Fsp3) is 0.455. The normalized spacial score (nSPS) is 17.0. The van der Waals surface area contributed by atoms with Crippen molar-refractivity contribution >= 4 is 11.6 Å². The highest BCUT2D eigenvalue weighted by molar-refractivity contribution is 6.32. The summed E-state index contributed by atoms with van der Waals surface area (Å²) in [5.74, 6) is 1.20. The molecule has 2 rings (SSSR count). The molecule has 0 unspecified atom stereocenters. The van der Waals surface area contributed by atoms with Crippen LogP contribution in [0.15, 0.2) is 12.1 Å². The van der Waals surface area contributed by atoms with Crippen LogP contribution in [-0.2, 0) is 0 Å². The maximum Gasteiger partial charge on any atom is 0.179 e. The molecule has 0 saturated carbocycles. The molecule has 4 heteroatoms. The Labute approximate surface area is 93.6 Å². The first-order valence-corrected chi connectivity index (χ1v) is 5.33. The lowest BCUT2D eigenvalue weighted by molar-refractivity contribution is 0.198. The van der Waals surface area contributed by atoms with Gasteiger partial charge in [0.25, 0.3) is 0 Å². The van der Waals surface area contributed by atoms with Crippen LogP contribution in [0.4, 0.5) is 0 Å². The van der Waals surface area contributed by atoms with Gasteiger partial charge in [-0.2, -0.15) is 0 Å². The number of halogens is 1. The molecule has 1 aromatic carbocycles. The smallest absolute Gasteiger partial charge is 0.179 e. The number of benzene rings is 1. The van der Waals surface area contributed by atoms with Crippen molar-refractivity contribution < 1.29 is 14.6 Å². The van der Waals surface area contributed by atoms with Crippen LogP contribution in [0.25, 0.3) is 0 Å². The van der Waals surface area contributed by atoms with Gasteiger partial charge < -0.3 is 14.6 Å². The van der Waals surface area contributed by atoms with Gasteiger partial charge in [-0.3, -0.25) is 0 Å². The third-order valence-electron chi connectivity index (χ3n) is 2.31. The molecular weight excluding hydrogens is 216 g/mol. The fourth-order valence-corrected chi connectivity index (χ4v) is 1.77. The number of hydrogen-bond acceptors (Lipinski definition) is 3. The molecular formula is C11H13ClO3. The average molecular weight is 229 g/mol. The van der Waals surface area contributed by atoms with Crippen molar-refractivity contribution in [2.75, 3.05) is 13.2 Å². The molecule has 0 radical (unpaired) electrons. The van der Waals surface area contributed by atoms with Gasteiger partial charge in [-0.05, 0) is 24.6 Å². The molecule has 1 aliphatic heterocycles. The maximum atomic E-state index is 9.47. The second-order valence-corrected chi connectivity index (χ2v) is 3.96. The molecule has 0 fully saturated rings. The van der Waals surface area contributed by atoms with Crippen LogP contribution in [0.2, 0.25) is 5.02 Å². The highest BCUT2D eigenvalue weighted by Gasteiger charge is 2.16. The summed E-state index contributed by atoms with van der Waals surface area (Å²) in [6, 6.07) is 3.48. The van der Waals surface area contributed by atoms with E-state index in [1.807, 2.05) is 0 Å². The molecule has 0 bridgehead atoms. The lowest BCUT2D eigenvalue weighted by Crippen LogP contribution is -1.97. The van der Waals surface area contributed by atoms with Crippen molar-refractivity contribution in [3.63, 3.8) is 0 Å². The second-order valence-electron chi connectivity index (χ2n) is 3.56. The molecule has 1 aliphatic rings. The number of hydrogen-bond donors (Lipinski definition) is 1. The summed E-state index contributed by atoms with van der Waals surface area (Å²) in [6.07, 6.45) is 0.286. The van der Waals surface area contributed by atoms with Crippen molar-refractivity contribution in [2.24, 2.45) is 0 Å². The summed E-state index contributed by atoms with van der Waals surface area (Å²) >= 11 is 6.05. The van der Waals surface area contributed by atoms with Gasteiger partial charge in [0.15, 0.2) is 11.5 Å². The Morgan fingerprint density at radius 3 is 2.80 bits per heavy atom. The number of ether oxygens (including phenoxy) is 2.